The van der Waals surface area contributed by atoms with Crippen LogP contribution in [0.5, 0.6) is 0 Å². The molecule has 132 valence electrons. The molecule has 0 aliphatic heterocycles. The highest BCUT2D eigenvalue weighted by atomic mass is 16.5. The van der Waals surface area contributed by atoms with Crippen molar-refractivity contribution in [1.29, 1.82) is 0 Å². The Morgan fingerprint density at radius 1 is 0.963 bits per heavy atom. The number of fused-ring (bicyclic) bond motifs is 1. The summed E-state index contributed by atoms with van der Waals surface area (Å²) in [5.74, 6) is 0.885. The smallest absolute Gasteiger partial charge is 0.167 e. The van der Waals surface area contributed by atoms with E-state index in [1.807, 2.05) is 49.6 Å². The second kappa shape index (κ2) is 6.29. The molecule has 0 aliphatic rings. The van der Waals surface area contributed by atoms with Crippen LogP contribution in [0.4, 0.5) is 0 Å². The summed E-state index contributed by atoms with van der Waals surface area (Å²) in [4.78, 5) is 4.72. The Hall–Kier alpha value is -3.60. The number of benzene rings is 2. The molecule has 0 saturated carbocycles. The molecule has 3 aromatic heterocycles. The molecule has 0 spiro atoms. The lowest BCUT2D eigenvalue weighted by molar-refractivity contribution is 0.450. The van der Waals surface area contributed by atoms with Gasteiger partial charge in [0.25, 0.3) is 0 Å². The van der Waals surface area contributed by atoms with Gasteiger partial charge in [-0.15, -0.1) is 0 Å². The van der Waals surface area contributed by atoms with Gasteiger partial charge >= 0.3 is 0 Å². The van der Waals surface area contributed by atoms with Crippen LogP contribution >= 0.6 is 0 Å². The molecule has 5 nitrogen and oxygen atoms in total. The fourth-order valence-electron chi connectivity index (χ4n) is 3.39. The highest BCUT2D eigenvalue weighted by Gasteiger charge is 2.17. The maximum atomic E-state index is 5.55. The first-order chi connectivity index (χ1) is 13.3. The van der Waals surface area contributed by atoms with Gasteiger partial charge in [-0.25, -0.2) is 4.98 Å². The van der Waals surface area contributed by atoms with Crippen molar-refractivity contribution in [3.63, 3.8) is 0 Å². The molecule has 5 rings (SSSR count). The Kier molecular flexibility index (Phi) is 3.64. The number of nitrogens with zero attached hydrogens (tertiary/aromatic N) is 3. The molecule has 2 aromatic carbocycles. The zero-order valence-corrected chi connectivity index (χ0v) is 14.8. The van der Waals surface area contributed by atoms with E-state index in [1.165, 1.54) is 0 Å². The molecule has 0 aliphatic carbocycles. The van der Waals surface area contributed by atoms with E-state index in [-0.39, 0.29) is 0 Å². The van der Waals surface area contributed by atoms with Crippen LogP contribution in [0.2, 0.25) is 0 Å². The van der Waals surface area contributed by atoms with E-state index < -0.39 is 0 Å². The van der Waals surface area contributed by atoms with Gasteiger partial charge in [-0.2, -0.15) is 0 Å². The summed E-state index contributed by atoms with van der Waals surface area (Å²) < 4.78 is 13.0. The average Bonchev–Trinajstić information content (AvgIpc) is 3.44. The van der Waals surface area contributed by atoms with Gasteiger partial charge in [0.2, 0.25) is 0 Å². The second-order valence-corrected chi connectivity index (χ2v) is 6.49. The minimum absolute atomic E-state index is 0.614. The summed E-state index contributed by atoms with van der Waals surface area (Å²) in [6.07, 6.45) is 3.56. The van der Waals surface area contributed by atoms with Crippen molar-refractivity contribution >= 4 is 11.0 Å². The largest absolute Gasteiger partial charge is 0.467 e. The predicted octanol–water partition coefficient (Wildman–Crippen LogP) is 5.31. The second-order valence-electron chi connectivity index (χ2n) is 6.49. The normalized spacial score (nSPS) is 11.3. The first-order valence-corrected chi connectivity index (χ1v) is 8.79. The number of furan rings is 1. The molecule has 0 fully saturated rings. The quantitative estimate of drug-likeness (QED) is 0.438. The monoisotopic (exact) mass is 355 g/mol. The van der Waals surface area contributed by atoms with E-state index in [1.54, 1.807) is 6.26 Å². The van der Waals surface area contributed by atoms with Crippen LogP contribution in [0.1, 0.15) is 11.5 Å². The molecular weight excluding hydrogens is 338 g/mol. The molecule has 0 bridgehead atoms. The highest BCUT2D eigenvalue weighted by molar-refractivity contribution is 5.88. The third-order valence-corrected chi connectivity index (χ3v) is 4.71. The average molecular weight is 355 g/mol. The minimum atomic E-state index is 0.614. The highest BCUT2D eigenvalue weighted by Crippen LogP contribution is 2.34. The van der Waals surface area contributed by atoms with Crippen LogP contribution < -0.4 is 0 Å². The molecule has 0 atom stereocenters. The first kappa shape index (κ1) is 15.6. The molecule has 0 saturated heterocycles. The van der Waals surface area contributed by atoms with Gasteiger partial charge < -0.3 is 13.5 Å². The zero-order chi connectivity index (χ0) is 18.2. The van der Waals surface area contributed by atoms with Crippen LogP contribution in [0, 0.1) is 6.92 Å². The van der Waals surface area contributed by atoms with Gasteiger partial charge in [-0.1, -0.05) is 35.5 Å². The lowest BCUT2D eigenvalue weighted by atomic mass is 10.0. The molecule has 5 heteroatoms. The number of aryl methyl sites for hydroxylation is 1. The SMILES string of the molecule is Cc1noc2ccc(-c3c(-c4ccccc4)ncn3Cc3ccco3)cc12. The van der Waals surface area contributed by atoms with Crippen LogP contribution in [0.15, 0.2) is 82.2 Å². The Morgan fingerprint density at radius 2 is 1.85 bits per heavy atom. The van der Waals surface area contributed by atoms with Crippen molar-refractivity contribution in [3.8, 4) is 22.5 Å². The van der Waals surface area contributed by atoms with E-state index in [0.717, 1.165) is 44.9 Å². The summed E-state index contributed by atoms with van der Waals surface area (Å²) in [7, 11) is 0. The molecule has 0 unspecified atom stereocenters. The van der Waals surface area contributed by atoms with Crippen molar-refractivity contribution in [3.05, 3.63) is 84.7 Å². The number of aromatic nitrogens is 3. The fourth-order valence-corrected chi connectivity index (χ4v) is 3.39. The Bertz CT molecular complexity index is 1200. The van der Waals surface area contributed by atoms with Crippen LogP contribution in [0.25, 0.3) is 33.5 Å². The zero-order valence-electron chi connectivity index (χ0n) is 14.8. The summed E-state index contributed by atoms with van der Waals surface area (Å²) in [6, 6.07) is 20.2. The summed E-state index contributed by atoms with van der Waals surface area (Å²) in [6.45, 7) is 2.57. The van der Waals surface area contributed by atoms with Gasteiger partial charge in [0.1, 0.15) is 5.76 Å². The first-order valence-electron chi connectivity index (χ1n) is 8.79. The van der Waals surface area contributed by atoms with E-state index in [0.29, 0.717) is 6.54 Å². The van der Waals surface area contributed by atoms with Crippen molar-refractivity contribution in [2.24, 2.45) is 0 Å². The maximum absolute atomic E-state index is 5.55. The molecule has 27 heavy (non-hydrogen) atoms. The molecule has 0 amide bonds. The molecule has 5 aromatic rings. The van der Waals surface area contributed by atoms with Crippen molar-refractivity contribution < 1.29 is 8.94 Å². The summed E-state index contributed by atoms with van der Waals surface area (Å²) in [5.41, 5.74) is 5.79. The number of imidazole rings is 1. The third-order valence-electron chi connectivity index (χ3n) is 4.71. The van der Waals surface area contributed by atoms with Gasteiger partial charge in [0.15, 0.2) is 5.58 Å². The molecule has 0 N–H and O–H groups in total. The van der Waals surface area contributed by atoms with E-state index in [4.69, 9.17) is 13.9 Å². The lowest BCUT2D eigenvalue weighted by Gasteiger charge is -2.10. The van der Waals surface area contributed by atoms with Crippen molar-refractivity contribution in [1.82, 2.24) is 14.7 Å². The number of rotatable bonds is 4. The van der Waals surface area contributed by atoms with Crippen LogP contribution in [0.3, 0.4) is 0 Å². The van der Waals surface area contributed by atoms with Crippen molar-refractivity contribution in [2.45, 2.75) is 13.5 Å². The van der Waals surface area contributed by atoms with Gasteiger partial charge in [-0.05, 0) is 37.3 Å². The van der Waals surface area contributed by atoms with Gasteiger partial charge in [0, 0.05) is 16.5 Å². The number of hydrogen-bond acceptors (Lipinski definition) is 4. The topological polar surface area (TPSA) is 57.0 Å². The third kappa shape index (κ3) is 2.73. The summed E-state index contributed by atoms with van der Waals surface area (Å²) >= 11 is 0. The van der Waals surface area contributed by atoms with Gasteiger partial charge in [0.05, 0.1) is 36.2 Å². The Balaban J connectivity index is 1.71. The van der Waals surface area contributed by atoms with E-state index in [9.17, 15) is 0 Å². The fraction of sp³-hybridized carbons (Fsp3) is 0.0909. The summed E-state index contributed by atoms with van der Waals surface area (Å²) in [5, 5.41) is 5.08. The van der Waals surface area contributed by atoms with E-state index >= 15 is 0 Å². The predicted molar refractivity (Wildman–Crippen MR) is 103 cm³/mol. The standard InChI is InChI=1S/C22H17N3O2/c1-15-19-12-17(9-10-20(19)27-24-15)22-21(16-6-3-2-4-7-16)23-14-25(22)13-18-8-5-11-26-18/h2-12,14H,13H2,1H3. The van der Waals surface area contributed by atoms with E-state index in [2.05, 4.69) is 34.0 Å². The van der Waals surface area contributed by atoms with Crippen LogP contribution in [-0.4, -0.2) is 14.7 Å². The minimum Gasteiger partial charge on any atom is -0.467 e. The van der Waals surface area contributed by atoms with Crippen molar-refractivity contribution in [2.75, 3.05) is 0 Å². The van der Waals surface area contributed by atoms with Crippen LogP contribution in [-0.2, 0) is 6.54 Å². The Labute approximate surface area is 155 Å². The maximum Gasteiger partial charge on any atom is 0.167 e. The lowest BCUT2D eigenvalue weighted by Crippen LogP contribution is -2.00. The Morgan fingerprint density at radius 3 is 2.67 bits per heavy atom. The molecule has 0 radical (unpaired) electrons. The molecular formula is C22H17N3O2. The number of hydrogen-bond donors (Lipinski definition) is 0. The van der Waals surface area contributed by atoms with Gasteiger partial charge in [-0.3, -0.25) is 0 Å². The molecule has 3 heterocycles.